The summed E-state index contributed by atoms with van der Waals surface area (Å²) < 4.78 is 27.9. The molecule has 0 radical (unpaired) electrons. The molecule has 0 unspecified atom stereocenters. The van der Waals surface area contributed by atoms with Crippen LogP contribution in [0.1, 0.15) is 67.2 Å². The quantitative estimate of drug-likeness (QED) is 0.163. The van der Waals surface area contributed by atoms with Crippen LogP contribution in [0.15, 0.2) is 48.8 Å². The topological polar surface area (TPSA) is 129 Å². The molecule has 14 heteroatoms. The Morgan fingerprint density at radius 1 is 1.00 bits per heavy atom. The first-order valence-corrected chi connectivity index (χ1v) is 17.2. The number of imide groups is 1. The number of hydrogen-bond acceptors (Lipinski definition) is 10. The molecule has 3 aromatic rings. The minimum atomic E-state index is -0.740. The van der Waals surface area contributed by atoms with Crippen molar-refractivity contribution in [1.82, 2.24) is 20.1 Å². The largest absolute Gasteiger partial charge is 0.496 e. The van der Waals surface area contributed by atoms with Crippen molar-refractivity contribution in [3.63, 3.8) is 0 Å². The van der Waals surface area contributed by atoms with Crippen LogP contribution in [0.25, 0.3) is 0 Å². The molecule has 0 bridgehead atoms. The number of nitrogens with zero attached hydrogens (tertiary/aromatic N) is 3. The summed E-state index contributed by atoms with van der Waals surface area (Å²) in [6.45, 7) is 7.46. The minimum Gasteiger partial charge on any atom is -0.496 e. The highest BCUT2D eigenvalue weighted by atomic mass is 35.5. The van der Waals surface area contributed by atoms with Crippen molar-refractivity contribution in [2.75, 3.05) is 41.5 Å². The molecule has 1 fully saturated rings. The predicted octanol–water partition coefficient (Wildman–Crippen LogP) is 6.42. The van der Waals surface area contributed by atoms with Crippen LogP contribution in [0, 0.1) is 5.92 Å². The third-order valence-corrected chi connectivity index (χ3v) is 8.95. The Labute approximate surface area is 309 Å². The van der Waals surface area contributed by atoms with E-state index < -0.39 is 35.5 Å². The minimum absolute atomic E-state index is 0.156. The molecule has 3 amide bonds. The van der Waals surface area contributed by atoms with Gasteiger partial charge in [-0.1, -0.05) is 30.7 Å². The van der Waals surface area contributed by atoms with Crippen molar-refractivity contribution in [3.05, 3.63) is 76.1 Å². The molecule has 0 spiro atoms. The molecule has 1 N–H and O–H groups in total. The first-order chi connectivity index (χ1) is 24.2. The highest BCUT2D eigenvalue weighted by Gasteiger charge is 2.38. The van der Waals surface area contributed by atoms with Gasteiger partial charge in [0, 0.05) is 36.1 Å². The number of carbonyl (C=O) groups excluding carboxylic acids is 3. The van der Waals surface area contributed by atoms with Gasteiger partial charge in [-0.15, -0.1) is 0 Å². The van der Waals surface area contributed by atoms with Crippen molar-refractivity contribution in [1.29, 1.82) is 0 Å². The van der Waals surface area contributed by atoms with Crippen molar-refractivity contribution < 1.29 is 38.1 Å². The van der Waals surface area contributed by atoms with E-state index in [0.717, 1.165) is 4.90 Å². The van der Waals surface area contributed by atoms with Gasteiger partial charge in [-0.2, -0.15) is 0 Å². The van der Waals surface area contributed by atoms with E-state index in [1.165, 1.54) is 6.20 Å². The van der Waals surface area contributed by atoms with Gasteiger partial charge in [0.05, 0.1) is 69.6 Å². The molecule has 12 nitrogen and oxygen atoms in total. The maximum absolute atomic E-state index is 14.4. The molecule has 51 heavy (non-hydrogen) atoms. The Balaban J connectivity index is 1.69. The van der Waals surface area contributed by atoms with Crippen LogP contribution < -0.4 is 24.3 Å². The number of hydrogen-bond donors (Lipinski definition) is 1. The van der Waals surface area contributed by atoms with E-state index in [4.69, 9.17) is 47.5 Å². The fourth-order valence-electron chi connectivity index (χ4n) is 5.80. The summed E-state index contributed by atoms with van der Waals surface area (Å²) >= 11 is 12.3. The number of carbonyl (C=O) groups is 3. The van der Waals surface area contributed by atoms with Gasteiger partial charge < -0.3 is 33.9 Å². The number of nitrogens with one attached hydrogen (secondary N) is 1. The second-order valence-electron chi connectivity index (χ2n) is 13.0. The number of esters is 1. The van der Waals surface area contributed by atoms with Crippen LogP contribution in [-0.2, 0) is 22.5 Å². The lowest BCUT2D eigenvalue weighted by Crippen LogP contribution is -2.48. The van der Waals surface area contributed by atoms with E-state index >= 15 is 0 Å². The highest BCUT2D eigenvalue weighted by molar-refractivity contribution is 7.80. The SMILES string of the molecule is CC[C@@H](NC(=O)N1CC(=S)N(Cc2c(OC)cc(OC)cc2OC)C[C@@H](Cc2cc(Cl)ccc2OC)C1=O)c1cncc(C(=O)OC(C)(C)C)c1. The second kappa shape index (κ2) is 17.1. The number of aromatic nitrogens is 1. The Bertz CT molecular complexity index is 1740. The summed E-state index contributed by atoms with van der Waals surface area (Å²) in [4.78, 5) is 48.8. The van der Waals surface area contributed by atoms with Crippen molar-refractivity contribution in [2.24, 2.45) is 5.92 Å². The Morgan fingerprint density at radius 2 is 1.67 bits per heavy atom. The summed E-state index contributed by atoms with van der Waals surface area (Å²) in [6, 6.07) is 9.11. The maximum Gasteiger partial charge on any atom is 0.340 e. The average Bonchev–Trinajstić information content (AvgIpc) is 3.21. The van der Waals surface area contributed by atoms with Gasteiger partial charge in [0.1, 0.15) is 28.6 Å². The molecule has 4 rings (SSSR count). The molecule has 274 valence electrons. The number of rotatable bonds is 12. The standard InChI is InChI=1S/C37H45ClN4O8S/c1-9-29(23-13-24(18-39-17-23)35(44)50-37(2,3)4)40-36(45)42-21-33(51)41(20-28-31(48-7)15-27(46-5)16-32(28)49-8)19-25(34(42)43)12-22-14-26(38)10-11-30(22)47-6/h10-11,13-18,25,29H,9,12,19-21H2,1-8H3,(H,40,45)/t25-,29-/m1/s1. The first-order valence-electron chi connectivity index (χ1n) is 16.4. The van der Waals surface area contributed by atoms with Crippen LogP contribution in [0.2, 0.25) is 5.02 Å². The molecular weight excluding hydrogens is 696 g/mol. The van der Waals surface area contributed by atoms with E-state index in [1.807, 2.05) is 11.8 Å². The maximum atomic E-state index is 14.4. The van der Waals surface area contributed by atoms with Crippen LogP contribution in [0.5, 0.6) is 23.0 Å². The summed E-state index contributed by atoms with van der Waals surface area (Å²) in [5, 5.41) is 3.45. The monoisotopic (exact) mass is 740 g/mol. The third-order valence-electron chi connectivity index (χ3n) is 8.32. The number of pyridine rings is 1. The second-order valence-corrected chi connectivity index (χ2v) is 13.9. The Hall–Kier alpha value is -4.62. The van der Waals surface area contributed by atoms with Crippen LogP contribution in [0.4, 0.5) is 4.79 Å². The zero-order valence-corrected chi connectivity index (χ0v) is 31.8. The summed E-state index contributed by atoms with van der Waals surface area (Å²) in [7, 11) is 6.19. The molecule has 0 saturated carbocycles. The van der Waals surface area contributed by atoms with E-state index in [1.54, 1.807) is 91.8 Å². The summed E-state index contributed by atoms with van der Waals surface area (Å²) in [6.07, 6.45) is 3.65. The lowest BCUT2D eigenvalue weighted by Gasteiger charge is -2.27. The highest BCUT2D eigenvalue weighted by Crippen LogP contribution is 2.36. The van der Waals surface area contributed by atoms with E-state index in [9.17, 15) is 14.4 Å². The van der Waals surface area contributed by atoms with Crippen molar-refractivity contribution in [3.8, 4) is 23.0 Å². The lowest BCUT2D eigenvalue weighted by atomic mass is 9.96. The number of benzene rings is 2. The van der Waals surface area contributed by atoms with Crippen molar-refractivity contribution >= 4 is 46.7 Å². The fourth-order valence-corrected chi connectivity index (χ4v) is 6.26. The van der Waals surface area contributed by atoms with Gasteiger partial charge in [-0.05, 0) is 69.0 Å². The average molecular weight is 741 g/mol. The normalized spacial score (nSPS) is 15.5. The van der Waals surface area contributed by atoms with Crippen LogP contribution in [-0.4, -0.2) is 84.8 Å². The molecule has 1 aliphatic rings. The van der Waals surface area contributed by atoms with Gasteiger partial charge in [0.15, 0.2) is 0 Å². The molecule has 2 heterocycles. The van der Waals surface area contributed by atoms with E-state index in [-0.39, 0.29) is 31.6 Å². The zero-order chi connectivity index (χ0) is 37.5. The number of thiocarbonyl (C=S) groups is 1. The lowest BCUT2D eigenvalue weighted by molar-refractivity contribution is -0.131. The number of halogens is 1. The fraction of sp³-hybridized carbons (Fsp3) is 0.432. The Kier molecular flexibility index (Phi) is 13.1. The number of methoxy groups -OCH3 is 4. The van der Waals surface area contributed by atoms with Gasteiger partial charge in [-0.25, -0.2) is 9.59 Å². The number of amides is 3. The molecular formula is C37H45ClN4O8S. The number of ether oxygens (including phenoxy) is 5. The molecule has 1 saturated heterocycles. The molecule has 1 aliphatic heterocycles. The summed E-state index contributed by atoms with van der Waals surface area (Å²) in [5.41, 5.74) is 1.53. The van der Waals surface area contributed by atoms with E-state index in [0.29, 0.717) is 56.1 Å². The van der Waals surface area contributed by atoms with Gasteiger partial charge in [0.25, 0.3) is 0 Å². The molecule has 2 atom stereocenters. The van der Waals surface area contributed by atoms with Crippen molar-refractivity contribution in [2.45, 2.75) is 58.7 Å². The predicted molar refractivity (Wildman–Crippen MR) is 197 cm³/mol. The van der Waals surface area contributed by atoms with E-state index in [2.05, 4.69) is 10.3 Å². The van der Waals surface area contributed by atoms with Gasteiger partial charge in [0.2, 0.25) is 5.91 Å². The van der Waals surface area contributed by atoms with Crippen LogP contribution in [0.3, 0.4) is 0 Å². The Morgan fingerprint density at radius 3 is 2.25 bits per heavy atom. The molecule has 1 aromatic heterocycles. The summed E-state index contributed by atoms with van der Waals surface area (Å²) in [5.74, 6) is 0.436. The first kappa shape index (κ1) is 39.2. The molecule has 2 aromatic carbocycles. The third kappa shape index (κ3) is 9.79. The molecule has 0 aliphatic carbocycles. The van der Waals surface area contributed by atoms with Gasteiger partial charge in [-0.3, -0.25) is 14.7 Å². The zero-order valence-electron chi connectivity index (χ0n) is 30.2. The number of urea groups is 1. The smallest absolute Gasteiger partial charge is 0.340 e. The van der Waals surface area contributed by atoms with Crippen LogP contribution >= 0.6 is 23.8 Å². The van der Waals surface area contributed by atoms with Gasteiger partial charge >= 0.3 is 12.0 Å².